The lowest BCUT2D eigenvalue weighted by atomic mass is 10.0. The summed E-state index contributed by atoms with van der Waals surface area (Å²) in [6.45, 7) is 2.64. The predicted octanol–water partition coefficient (Wildman–Crippen LogP) is 2.81. The number of nitrogens with one attached hydrogen (secondary N) is 1. The monoisotopic (exact) mass is 408 g/mol. The molecule has 0 aliphatic carbocycles. The van der Waals surface area contributed by atoms with Crippen LogP contribution in [0.1, 0.15) is 22.0 Å². The van der Waals surface area contributed by atoms with Gasteiger partial charge < -0.3 is 24.4 Å². The number of benzene rings is 2. The maximum Gasteiger partial charge on any atom is 0.254 e. The number of rotatable bonds is 3. The van der Waals surface area contributed by atoms with E-state index in [0.717, 1.165) is 5.56 Å². The van der Waals surface area contributed by atoms with Gasteiger partial charge in [0, 0.05) is 25.2 Å². The molecule has 2 aromatic rings. The lowest BCUT2D eigenvalue weighted by molar-refractivity contribution is 0.0632. The predicted molar refractivity (Wildman–Crippen MR) is 104 cm³/mol. The maximum absolute atomic E-state index is 13.7. The maximum atomic E-state index is 13.7. The molecule has 4 rings (SSSR count). The van der Waals surface area contributed by atoms with Crippen LogP contribution >= 0.6 is 12.4 Å². The number of hydrogen-bond donors (Lipinski definition) is 1. The zero-order valence-electron chi connectivity index (χ0n) is 15.4. The van der Waals surface area contributed by atoms with Gasteiger partial charge in [-0.05, 0) is 29.8 Å². The summed E-state index contributed by atoms with van der Waals surface area (Å²) in [6.07, 6.45) is 0. The van der Waals surface area contributed by atoms with Crippen LogP contribution in [0.15, 0.2) is 36.4 Å². The normalized spacial score (nSPS) is 18.2. The molecule has 2 aliphatic rings. The minimum atomic E-state index is -0.313. The molecule has 2 aliphatic heterocycles. The minimum Gasteiger partial charge on any atom is -0.493 e. The van der Waals surface area contributed by atoms with E-state index in [-0.39, 0.29) is 30.2 Å². The Bertz CT molecular complexity index is 847. The summed E-state index contributed by atoms with van der Waals surface area (Å²) in [4.78, 5) is 15.0. The molecule has 0 bridgehead atoms. The Balaban J connectivity index is 0.00000225. The fraction of sp³-hybridized carbons (Fsp3) is 0.350. The third-order valence-electron chi connectivity index (χ3n) is 4.81. The highest BCUT2D eigenvalue weighted by Crippen LogP contribution is 2.41. The number of halogens is 2. The van der Waals surface area contributed by atoms with E-state index < -0.39 is 0 Å². The van der Waals surface area contributed by atoms with Gasteiger partial charge in [-0.1, -0.05) is 12.1 Å². The zero-order valence-corrected chi connectivity index (χ0v) is 16.3. The number of hydrogen-bond acceptors (Lipinski definition) is 5. The number of amides is 1. The van der Waals surface area contributed by atoms with Gasteiger partial charge in [0.15, 0.2) is 11.5 Å². The van der Waals surface area contributed by atoms with E-state index >= 15 is 0 Å². The van der Waals surface area contributed by atoms with Crippen molar-refractivity contribution in [2.75, 3.05) is 40.0 Å². The van der Waals surface area contributed by atoms with Gasteiger partial charge in [0.2, 0.25) is 5.75 Å². The van der Waals surface area contributed by atoms with Gasteiger partial charge in [0.1, 0.15) is 19.0 Å². The minimum absolute atomic E-state index is 0. The Hall–Kier alpha value is -2.51. The van der Waals surface area contributed by atoms with Crippen molar-refractivity contribution in [1.29, 1.82) is 0 Å². The first-order valence-electron chi connectivity index (χ1n) is 8.92. The third kappa shape index (κ3) is 3.86. The molecule has 1 amide bonds. The molecular formula is C20H22ClFN2O4. The highest BCUT2D eigenvalue weighted by Gasteiger charge is 2.30. The van der Waals surface area contributed by atoms with Gasteiger partial charge >= 0.3 is 0 Å². The van der Waals surface area contributed by atoms with E-state index in [1.165, 1.54) is 19.2 Å². The molecule has 28 heavy (non-hydrogen) atoms. The summed E-state index contributed by atoms with van der Waals surface area (Å²) >= 11 is 0. The molecule has 8 heteroatoms. The fourth-order valence-electron chi connectivity index (χ4n) is 3.52. The van der Waals surface area contributed by atoms with Crippen molar-refractivity contribution in [2.24, 2.45) is 0 Å². The van der Waals surface area contributed by atoms with Crippen molar-refractivity contribution in [1.82, 2.24) is 10.2 Å². The van der Waals surface area contributed by atoms with Gasteiger partial charge in [0.25, 0.3) is 5.91 Å². The average Bonchev–Trinajstić information content (AvgIpc) is 2.72. The zero-order chi connectivity index (χ0) is 18.8. The average molecular weight is 409 g/mol. The molecule has 0 aromatic heterocycles. The second-order valence-electron chi connectivity index (χ2n) is 6.48. The van der Waals surface area contributed by atoms with Gasteiger partial charge in [-0.2, -0.15) is 0 Å². The van der Waals surface area contributed by atoms with Gasteiger partial charge in [-0.15, -0.1) is 12.4 Å². The van der Waals surface area contributed by atoms with Crippen LogP contribution in [0.3, 0.4) is 0 Å². The van der Waals surface area contributed by atoms with E-state index in [4.69, 9.17) is 14.2 Å². The number of nitrogens with zero attached hydrogens (tertiary/aromatic N) is 1. The Labute approximate surface area is 169 Å². The number of piperazine rings is 1. The molecule has 1 fully saturated rings. The summed E-state index contributed by atoms with van der Waals surface area (Å²) in [5.74, 6) is 1.02. The molecule has 2 aromatic carbocycles. The number of methoxy groups -OCH3 is 1. The van der Waals surface area contributed by atoms with Crippen LogP contribution in [0.5, 0.6) is 17.2 Å². The molecule has 1 saturated heterocycles. The molecular weight excluding hydrogens is 387 g/mol. The van der Waals surface area contributed by atoms with E-state index in [2.05, 4.69) is 5.32 Å². The van der Waals surface area contributed by atoms with E-state index in [9.17, 15) is 9.18 Å². The number of ether oxygens (including phenoxy) is 3. The van der Waals surface area contributed by atoms with Crippen LogP contribution in [0.4, 0.5) is 4.39 Å². The van der Waals surface area contributed by atoms with Crippen LogP contribution in [-0.4, -0.2) is 50.8 Å². The number of carbonyl (C=O) groups is 1. The van der Waals surface area contributed by atoms with Crippen LogP contribution in [-0.2, 0) is 0 Å². The molecule has 0 spiro atoms. The first kappa shape index (κ1) is 20.2. The summed E-state index contributed by atoms with van der Waals surface area (Å²) in [5, 5.41) is 3.28. The third-order valence-corrected chi connectivity index (χ3v) is 4.81. The summed E-state index contributed by atoms with van der Waals surface area (Å²) < 4.78 is 30.3. The molecule has 150 valence electrons. The Morgan fingerprint density at radius 1 is 1.25 bits per heavy atom. The first-order valence-corrected chi connectivity index (χ1v) is 8.92. The fourth-order valence-corrected chi connectivity index (χ4v) is 3.52. The second kappa shape index (κ2) is 8.67. The van der Waals surface area contributed by atoms with Crippen LogP contribution in [0, 0.1) is 5.82 Å². The van der Waals surface area contributed by atoms with E-state index in [1.54, 1.807) is 23.1 Å². The quantitative estimate of drug-likeness (QED) is 0.846. The number of fused-ring (bicyclic) bond motifs is 1. The molecule has 1 unspecified atom stereocenters. The Morgan fingerprint density at radius 2 is 2.07 bits per heavy atom. The van der Waals surface area contributed by atoms with E-state index in [0.29, 0.717) is 55.7 Å². The highest BCUT2D eigenvalue weighted by atomic mass is 35.5. The van der Waals surface area contributed by atoms with E-state index in [1.807, 2.05) is 6.07 Å². The summed E-state index contributed by atoms with van der Waals surface area (Å²) in [6, 6.07) is 9.48. The summed E-state index contributed by atoms with van der Waals surface area (Å²) in [5.41, 5.74) is 1.22. The number of carbonyl (C=O) groups excluding carboxylic acids is 1. The largest absolute Gasteiger partial charge is 0.493 e. The molecule has 1 N–H and O–H groups in total. The molecule has 2 heterocycles. The Kier molecular flexibility index (Phi) is 6.26. The Morgan fingerprint density at radius 3 is 2.86 bits per heavy atom. The van der Waals surface area contributed by atoms with Crippen molar-refractivity contribution in [3.05, 3.63) is 53.3 Å². The highest BCUT2D eigenvalue weighted by molar-refractivity contribution is 5.96. The molecule has 0 saturated carbocycles. The molecule has 6 nitrogen and oxygen atoms in total. The van der Waals surface area contributed by atoms with Crippen molar-refractivity contribution in [2.45, 2.75) is 6.04 Å². The van der Waals surface area contributed by atoms with Gasteiger partial charge in [-0.3, -0.25) is 4.79 Å². The smallest absolute Gasteiger partial charge is 0.254 e. The van der Waals surface area contributed by atoms with Crippen molar-refractivity contribution < 1.29 is 23.4 Å². The van der Waals surface area contributed by atoms with Crippen molar-refractivity contribution in [3.8, 4) is 17.2 Å². The van der Waals surface area contributed by atoms with Crippen molar-refractivity contribution in [3.63, 3.8) is 0 Å². The second-order valence-corrected chi connectivity index (χ2v) is 6.48. The standard InChI is InChI=1S/C20H21FN2O4.ClH/c1-25-17-10-14(11-18-19(17)27-8-7-26-18)20(24)23-6-5-22-12-16(23)13-3-2-4-15(21)9-13;/h2-4,9-11,16,22H,5-8,12H2,1H3;1H. The molecule has 1 atom stereocenters. The first-order chi connectivity index (χ1) is 13.2. The lowest BCUT2D eigenvalue weighted by Crippen LogP contribution is -2.48. The van der Waals surface area contributed by atoms with Crippen LogP contribution in [0.25, 0.3) is 0 Å². The van der Waals surface area contributed by atoms with Crippen molar-refractivity contribution >= 4 is 18.3 Å². The van der Waals surface area contributed by atoms with Crippen LogP contribution < -0.4 is 19.5 Å². The lowest BCUT2D eigenvalue weighted by Gasteiger charge is -2.37. The van der Waals surface area contributed by atoms with Gasteiger partial charge in [0.05, 0.1) is 13.2 Å². The molecule has 0 radical (unpaired) electrons. The van der Waals surface area contributed by atoms with Crippen LogP contribution in [0.2, 0.25) is 0 Å². The SMILES string of the molecule is COc1cc(C(=O)N2CCNCC2c2cccc(F)c2)cc2c1OCCO2.Cl. The summed E-state index contributed by atoms with van der Waals surface area (Å²) in [7, 11) is 1.53. The topological polar surface area (TPSA) is 60.0 Å². The van der Waals surface area contributed by atoms with Gasteiger partial charge in [-0.25, -0.2) is 4.39 Å².